The molecule has 3 aromatic carbocycles. The summed E-state index contributed by atoms with van der Waals surface area (Å²) in [5, 5.41) is 0.510. The number of rotatable bonds is 4. The van der Waals surface area contributed by atoms with Crippen LogP contribution in [0.4, 0.5) is 5.95 Å². The van der Waals surface area contributed by atoms with E-state index >= 15 is 0 Å². The molecule has 178 valence electrons. The Labute approximate surface area is 207 Å². The molecule has 0 radical (unpaired) electrons. The summed E-state index contributed by atoms with van der Waals surface area (Å²) in [6.07, 6.45) is 2.99. The molecule has 0 saturated heterocycles. The molecule has 0 fully saturated rings. The largest absolute Gasteiger partial charge is 0.368 e. The highest BCUT2D eigenvalue weighted by Crippen LogP contribution is 2.32. The number of nitrogens with zero attached hydrogens (tertiary/aromatic N) is 4. The van der Waals surface area contributed by atoms with Gasteiger partial charge in [0, 0.05) is 36.4 Å². The predicted octanol–water partition coefficient (Wildman–Crippen LogP) is 4.07. The van der Waals surface area contributed by atoms with E-state index in [0.29, 0.717) is 35.1 Å². The molecule has 1 aliphatic rings. The van der Waals surface area contributed by atoms with Crippen molar-refractivity contribution in [1.29, 1.82) is 0 Å². The minimum atomic E-state index is -3.81. The molecule has 0 unspecified atom stereocenters. The Hall–Kier alpha value is -4.50. The number of fused-ring (bicyclic) bond motifs is 2. The highest BCUT2D eigenvalue weighted by Gasteiger charge is 2.27. The van der Waals surface area contributed by atoms with Gasteiger partial charge in [-0.2, -0.15) is 0 Å². The fourth-order valence-electron chi connectivity index (χ4n) is 4.63. The van der Waals surface area contributed by atoms with E-state index in [1.807, 2.05) is 24.3 Å². The van der Waals surface area contributed by atoms with Crippen LogP contribution in [0.3, 0.4) is 0 Å². The number of aromatic nitrogens is 3. The first kappa shape index (κ1) is 22.0. The molecule has 2 aromatic heterocycles. The van der Waals surface area contributed by atoms with Crippen molar-refractivity contribution in [1.82, 2.24) is 18.8 Å². The van der Waals surface area contributed by atoms with Crippen LogP contribution in [0.5, 0.6) is 0 Å². The molecule has 5 aromatic rings. The van der Waals surface area contributed by atoms with Crippen LogP contribution in [0.15, 0.2) is 96.2 Å². The lowest BCUT2D eigenvalue weighted by Crippen LogP contribution is -2.27. The topological polar surface area (TPSA) is 111 Å². The average molecular weight is 496 g/mol. The van der Waals surface area contributed by atoms with Gasteiger partial charge in [0.2, 0.25) is 5.95 Å². The minimum absolute atomic E-state index is 0.00546. The highest BCUT2D eigenvalue weighted by atomic mass is 32.2. The normalized spacial score (nSPS) is 13.2. The van der Waals surface area contributed by atoms with E-state index < -0.39 is 10.0 Å². The molecule has 36 heavy (non-hydrogen) atoms. The fourth-order valence-corrected chi connectivity index (χ4v) is 6.03. The molecule has 1 amide bonds. The number of anilines is 1. The van der Waals surface area contributed by atoms with Gasteiger partial charge < -0.3 is 10.6 Å². The van der Waals surface area contributed by atoms with Crippen molar-refractivity contribution in [3.8, 4) is 11.1 Å². The van der Waals surface area contributed by atoms with Crippen LogP contribution < -0.4 is 5.73 Å². The molecule has 6 rings (SSSR count). The van der Waals surface area contributed by atoms with Crippen LogP contribution >= 0.6 is 0 Å². The van der Waals surface area contributed by atoms with Crippen LogP contribution in [0.1, 0.15) is 21.6 Å². The highest BCUT2D eigenvalue weighted by molar-refractivity contribution is 7.90. The summed E-state index contributed by atoms with van der Waals surface area (Å²) in [6.45, 7) is 0.968. The minimum Gasteiger partial charge on any atom is -0.368 e. The van der Waals surface area contributed by atoms with Crippen LogP contribution in [0, 0.1) is 0 Å². The van der Waals surface area contributed by atoms with Gasteiger partial charge in [0.1, 0.15) is 5.69 Å². The number of carbonyl (C=O) groups excluding carboxylic acids is 1. The zero-order chi connectivity index (χ0) is 24.9. The molecule has 1 aliphatic heterocycles. The number of hydrogen-bond acceptors (Lipinski definition) is 6. The van der Waals surface area contributed by atoms with E-state index in [1.165, 1.54) is 16.4 Å². The third-order valence-corrected chi connectivity index (χ3v) is 8.08. The third-order valence-electron chi connectivity index (χ3n) is 6.37. The first-order valence-electron chi connectivity index (χ1n) is 11.3. The molecular formula is C27H21N5O3S. The van der Waals surface area contributed by atoms with Gasteiger partial charge in [-0.15, -0.1) is 0 Å². The summed E-state index contributed by atoms with van der Waals surface area (Å²) in [4.78, 5) is 24.1. The van der Waals surface area contributed by atoms with Crippen molar-refractivity contribution in [3.63, 3.8) is 0 Å². The quantitative estimate of drug-likeness (QED) is 0.402. The molecule has 0 aliphatic carbocycles. The fraction of sp³-hybridized carbons (Fsp3) is 0.0741. The zero-order valence-corrected chi connectivity index (χ0v) is 19.9. The maximum atomic E-state index is 13.6. The van der Waals surface area contributed by atoms with Crippen LogP contribution in [-0.2, 0) is 23.1 Å². The number of hydrogen-bond donors (Lipinski definition) is 1. The van der Waals surface area contributed by atoms with E-state index in [-0.39, 0.29) is 22.4 Å². The van der Waals surface area contributed by atoms with E-state index in [2.05, 4.69) is 9.97 Å². The molecule has 8 nitrogen and oxygen atoms in total. The Bertz CT molecular complexity index is 1720. The molecule has 0 bridgehead atoms. The Morgan fingerprint density at radius 1 is 0.833 bits per heavy atom. The zero-order valence-electron chi connectivity index (χ0n) is 19.1. The van der Waals surface area contributed by atoms with Crippen molar-refractivity contribution in [2.45, 2.75) is 18.0 Å². The van der Waals surface area contributed by atoms with E-state index in [4.69, 9.17) is 5.73 Å². The molecule has 0 spiro atoms. The molecule has 0 atom stereocenters. The van der Waals surface area contributed by atoms with Gasteiger partial charge in [-0.05, 0) is 47.0 Å². The van der Waals surface area contributed by atoms with Crippen molar-refractivity contribution < 1.29 is 13.2 Å². The maximum absolute atomic E-state index is 13.6. The van der Waals surface area contributed by atoms with E-state index in [9.17, 15) is 13.2 Å². The first-order chi connectivity index (χ1) is 17.4. The summed E-state index contributed by atoms with van der Waals surface area (Å²) >= 11 is 0. The Morgan fingerprint density at radius 2 is 1.50 bits per heavy atom. The molecule has 0 saturated carbocycles. The number of carbonyl (C=O) groups is 1. The molecule has 2 N–H and O–H groups in total. The smallest absolute Gasteiger partial charge is 0.273 e. The number of nitrogens with two attached hydrogens (primary N) is 1. The Morgan fingerprint density at radius 3 is 2.22 bits per heavy atom. The van der Waals surface area contributed by atoms with Gasteiger partial charge in [0.25, 0.3) is 15.9 Å². The third kappa shape index (κ3) is 3.61. The second-order valence-electron chi connectivity index (χ2n) is 8.61. The second kappa shape index (κ2) is 8.31. The van der Waals surface area contributed by atoms with Crippen molar-refractivity contribution in [2.75, 3.05) is 5.73 Å². The number of amides is 1. The predicted molar refractivity (Wildman–Crippen MR) is 136 cm³/mol. The van der Waals surface area contributed by atoms with Gasteiger partial charge in [0.05, 0.1) is 10.4 Å². The molecular weight excluding hydrogens is 474 g/mol. The lowest BCUT2D eigenvalue weighted by Gasteiger charge is -2.17. The van der Waals surface area contributed by atoms with Gasteiger partial charge in [-0.3, -0.25) is 4.79 Å². The van der Waals surface area contributed by atoms with Crippen LogP contribution in [-0.4, -0.2) is 33.2 Å². The number of benzene rings is 3. The van der Waals surface area contributed by atoms with Crippen molar-refractivity contribution in [2.24, 2.45) is 0 Å². The summed E-state index contributed by atoms with van der Waals surface area (Å²) < 4.78 is 27.8. The van der Waals surface area contributed by atoms with Crippen molar-refractivity contribution >= 4 is 32.8 Å². The van der Waals surface area contributed by atoms with E-state index in [1.54, 1.807) is 59.5 Å². The summed E-state index contributed by atoms with van der Waals surface area (Å²) in [5.41, 5.74) is 9.99. The van der Waals surface area contributed by atoms with Gasteiger partial charge in [0.15, 0.2) is 0 Å². The van der Waals surface area contributed by atoms with Gasteiger partial charge in [-0.1, -0.05) is 48.5 Å². The van der Waals surface area contributed by atoms with E-state index in [0.717, 1.165) is 11.1 Å². The second-order valence-corrected chi connectivity index (χ2v) is 10.4. The molecule has 9 heteroatoms. The summed E-state index contributed by atoms with van der Waals surface area (Å²) in [7, 11) is -3.81. The Balaban J connectivity index is 1.47. The summed E-state index contributed by atoms with van der Waals surface area (Å²) in [5.74, 6) is -0.249. The summed E-state index contributed by atoms with van der Waals surface area (Å²) in [6, 6.07) is 23.3. The maximum Gasteiger partial charge on any atom is 0.273 e. The lowest BCUT2D eigenvalue weighted by molar-refractivity contribution is 0.0747. The molecule has 3 heterocycles. The number of nitrogen functional groups attached to an aromatic ring is 1. The standard InChI is InChI=1S/C27H21N5O3S/c28-27-29-23-12-11-18(21-9-3-4-10-24(21)36(34,35)32-13-5-6-14-32)15-22(23)25(30-27)26(33)31-16-19-7-1-2-8-20(19)17-31/h1-15H,16-17H2,(H2,28,29,30). The monoisotopic (exact) mass is 495 g/mol. The van der Waals surface area contributed by atoms with Gasteiger partial charge in [-0.25, -0.2) is 22.4 Å². The average Bonchev–Trinajstić information content (AvgIpc) is 3.58. The van der Waals surface area contributed by atoms with Gasteiger partial charge >= 0.3 is 0 Å². The van der Waals surface area contributed by atoms with Crippen LogP contribution in [0.25, 0.3) is 22.0 Å². The first-order valence-corrected chi connectivity index (χ1v) is 12.8. The van der Waals surface area contributed by atoms with Crippen LogP contribution in [0.2, 0.25) is 0 Å². The SMILES string of the molecule is Nc1nc(C(=O)N2Cc3ccccc3C2)c2cc(-c3ccccc3S(=O)(=O)n3cccc3)ccc2n1. The Kier molecular flexibility index (Phi) is 5.08. The lowest BCUT2D eigenvalue weighted by atomic mass is 10.0. The van der Waals surface area contributed by atoms with Crippen molar-refractivity contribution in [3.05, 3.63) is 108 Å².